The zero-order valence-electron chi connectivity index (χ0n) is 9.43. The maximum Gasteiger partial charge on any atom is 0.326 e. The van der Waals surface area contributed by atoms with Crippen molar-refractivity contribution in [1.82, 2.24) is 4.98 Å². The number of aromatic nitrogens is 1. The summed E-state index contributed by atoms with van der Waals surface area (Å²) in [4.78, 5) is 14.9. The number of para-hydroxylation sites is 1. The van der Waals surface area contributed by atoms with Crippen molar-refractivity contribution in [3.05, 3.63) is 38.2 Å². The number of nitrogens with zero attached hydrogens (tertiary/aromatic N) is 1. The Balaban J connectivity index is 2.23. The van der Waals surface area contributed by atoms with Crippen LogP contribution in [0.5, 0.6) is 0 Å². The summed E-state index contributed by atoms with van der Waals surface area (Å²) < 4.78 is 1.75. The molecule has 0 saturated heterocycles. The van der Waals surface area contributed by atoms with Crippen molar-refractivity contribution in [1.29, 1.82) is 0 Å². The van der Waals surface area contributed by atoms with E-state index in [0.29, 0.717) is 10.8 Å². The number of thiazole rings is 1. The van der Waals surface area contributed by atoms with Crippen LogP contribution >= 0.6 is 43.2 Å². The zero-order chi connectivity index (χ0) is 14.0. The van der Waals surface area contributed by atoms with E-state index in [1.54, 1.807) is 5.38 Å². The topological polar surface area (TPSA) is 88.2 Å². The summed E-state index contributed by atoms with van der Waals surface area (Å²) in [6.07, 6.45) is 0. The minimum Gasteiger partial charge on any atom is -0.480 e. The predicted octanol–water partition coefficient (Wildman–Crippen LogP) is 3.50. The van der Waals surface area contributed by atoms with Gasteiger partial charge < -0.3 is 16.2 Å². The summed E-state index contributed by atoms with van der Waals surface area (Å²) in [5.74, 6) is -1.10. The molecule has 2 rings (SSSR count). The van der Waals surface area contributed by atoms with Crippen LogP contribution in [0.2, 0.25) is 0 Å². The average molecular weight is 407 g/mol. The van der Waals surface area contributed by atoms with Gasteiger partial charge in [-0.1, -0.05) is 6.07 Å². The Kier molecular flexibility index (Phi) is 4.56. The molecule has 8 heteroatoms. The molecule has 100 valence electrons. The maximum absolute atomic E-state index is 10.8. The Morgan fingerprint density at radius 1 is 1.42 bits per heavy atom. The Morgan fingerprint density at radius 3 is 2.63 bits per heavy atom. The molecule has 5 nitrogen and oxygen atoms in total. The predicted molar refractivity (Wildman–Crippen MR) is 81.8 cm³/mol. The van der Waals surface area contributed by atoms with E-state index in [9.17, 15) is 4.79 Å². The molecule has 1 heterocycles. The summed E-state index contributed by atoms with van der Waals surface area (Å²) in [5.41, 5.74) is 6.67. The van der Waals surface area contributed by atoms with E-state index in [0.717, 1.165) is 14.6 Å². The summed E-state index contributed by atoms with van der Waals surface area (Å²) >= 11 is 8.16. The zero-order valence-corrected chi connectivity index (χ0v) is 13.4. The van der Waals surface area contributed by atoms with Crippen molar-refractivity contribution in [2.24, 2.45) is 5.73 Å². The number of benzene rings is 1. The quantitative estimate of drug-likeness (QED) is 0.723. The molecule has 4 N–H and O–H groups in total. The largest absolute Gasteiger partial charge is 0.480 e. The third kappa shape index (κ3) is 3.33. The van der Waals surface area contributed by atoms with E-state index in [-0.39, 0.29) is 0 Å². The van der Waals surface area contributed by atoms with Gasteiger partial charge in [-0.3, -0.25) is 4.79 Å². The van der Waals surface area contributed by atoms with Crippen molar-refractivity contribution < 1.29 is 9.90 Å². The molecule has 0 aliphatic heterocycles. The molecule has 1 aromatic carbocycles. The first-order chi connectivity index (χ1) is 8.99. The van der Waals surface area contributed by atoms with Gasteiger partial charge in [0.2, 0.25) is 0 Å². The molecule has 19 heavy (non-hydrogen) atoms. The number of aliphatic carboxylic acids is 1. The second-order valence-corrected chi connectivity index (χ2v) is 6.18. The first kappa shape index (κ1) is 14.4. The Morgan fingerprint density at radius 2 is 2.05 bits per heavy atom. The van der Waals surface area contributed by atoms with E-state index in [1.165, 1.54) is 11.3 Å². The number of rotatable bonds is 4. The third-order valence-corrected chi connectivity index (χ3v) is 4.40. The fraction of sp³-hybridized carbons (Fsp3) is 0.0909. The number of anilines is 2. The fourth-order valence-electron chi connectivity index (χ4n) is 1.34. The summed E-state index contributed by atoms with van der Waals surface area (Å²) in [7, 11) is 0. The van der Waals surface area contributed by atoms with E-state index in [4.69, 9.17) is 10.8 Å². The lowest BCUT2D eigenvalue weighted by Gasteiger charge is -2.07. The van der Waals surface area contributed by atoms with Crippen molar-refractivity contribution >= 4 is 60.0 Å². The maximum atomic E-state index is 10.8. The lowest BCUT2D eigenvalue weighted by Crippen LogP contribution is -2.20. The smallest absolute Gasteiger partial charge is 0.326 e. The molecular formula is C11H9Br2N3O2S. The minimum atomic E-state index is -1.10. The van der Waals surface area contributed by atoms with Gasteiger partial charge in [0.1, 0.15) is 6.04 Å². The Hall–Kier alpha value is -0.960. The van der Waals surface area contributed by atoms with Crippen molar-refractivity contribution in [2.75, 3.05) is 5.32 Å². The number of carboxylic acid groups (broad SMARTS) is 1. The lowest BCUT2D eigenvalue weighted by atomic mass is 10.2. The molecule has 0 aliphatic rings. The highest BCUT2D eigenvalue weighted by Gasteiger charge is 2.18. The molecule has 0 amide bonds. The second-order valence-electron chi connectivity index (χ2n) is 3.62. The normalized spacial score (nSPS) is 12.2. The van der Waals surface area contributed by atoms with Crippen molar-refractivity contribution in [2.45, 2.75) is 6.04 Å². The van der Waals surface area contributed by atoms with Crippen LogP contribution in [0.15, 0.2) is 32.5 Å². The number of hydrogen-bond acceptors (Lipinski definition) is 5. The van der Waals surface area contributed by atoms with E-state index >= 15 is 0 Å². The number of nitrogens with two attached hydrogens (primary N) is 1. The highest BCUT2D eigenvalue weighted by Crippen LogP contribution is 2.34. The van der Waals surface area contributed by atoms with E-state index in [2.05, 4.69) is 42.2 Å². The van der Waals surface area contributed by atoms with Crippen LogP contribution in [0.1, 0.15) is 11.7 Å². The van der Waals surface area contributed by atoms with Gasteiger partial charge in [0, 0.05) is 14.3 Å². The summed E-state index contributed by atoms with van der Waals surface area (Å²) in [6, 6.07) is 4.58. The van der Waals surface area contributed by atoms with Crippen LogP contribution < -0.4 is 11.1 Å². The lowest BCUT2D eigenvalue weighted by molar-refractivity contribution is -0.138. The standard InChI is InChI=1S/C11H9Br2N3O2S/c12-5-2-1-3-6(13)9(5)16-11-15-7(4-19-11)8(14)10(17)18/h1-4,8H,14H2,(H,15,16)(H,17,18). The first-order valence-corrected chi connectivity index (χ1v) is 7.60. The second kappa shape index (κ2) is 6.00. The molecule has 0 spiro atoms. The summed E-state index contributed by atoms with van der Waals surface area (Å²) in [5, 5.41) is 14.2. The number of halogens is 2. The van der Waals surface area contributed by atoms with Crippen LogP contribution in [-0.4, -0.2) is 16.1 Å². The van der Waals surface area contributed by atoms with Gasteiger partial charge in [0.15, 0.2) is 5.13 Å². The Labute approximate surface area is 130 Å². The van der Waals surface area contributed by atoms with Gasteiger partial charge in [-0.25, -0.2) is 4.98 Å². The molecule has 0 bridgehead atoms. The highest BCUT2D eigenvalue weighted by atomic mass is 79.9. The molecular weight excluding hydrogens is 398 g/mol. The van der Waals surface area contributed by atoms with Gasteiger partial charge in [0.25, 0.3) is 0 Å². The molecule has 0 radical (unpaired) electrons. The molecule has 0 fully saturated rings. The van der Waals surface area contributed by atoms with Gasteiger partial charge in [-0.2, -0.15) is 0 Å². The van der Waals surface area contributed by atoms with Crippen LogP contribution in [0.25, 0.3) is 0 Å². The van der Waals surface area contributed by atoms with E-state index in [1.807, 2.05) is 18.2 Å². The van der Waals surface area contributed by atoms with Crippen LogP contribution in [0.4, 0.5) is 10.8 Å². The van der Waals surface area contributed by atoms with Crippen molar-refractivity contribution in [3.8, 4) is 0 Å². The van der Waals surface area contributed by atoms with Crippen LogP contribution in [-0.2, 0) is 4.79 Å². The molecule has 2 aromatic rings. The fourth-order valence-corrected chi connectivity index (χ4v) is 3.28. The first-order valence-electron chi connectivity index (χ1n) is 5.14. The molecule has 1 unspecified atom stereocenters. The number of carboxylic acids is 1. The average Bonchev–Trinajstić information content (AvgIpc) is 2.81. The molecule has 0 saturated carbocycles. The number of carbonyl (C=O) groups is 1. The van der Waals surface area contributed by atoms with Gasteiger partial charge >= 0.3 is 5.97 Å². The number of nitrogens with one attached hydrogen (secondary N) is 1. The SMILES string of the molecule is NC(C(=O)O)c1csc(Nc2c(Br)cccc2Br)n1. The molecule has 1 aromatic heterocycles. The van der Waals surface area contributed by atoms with Crippen LogP contribution in [0.3, 0.4) is 0 Å². The van der Waals surface area contributed by atoms with E-state index < -0.39 is 12.0 Å². The Bertz CT molecular complexity index is 597. The van der Waals surface area contributed by atoms with Gasteiger partial charge in [0.05, 0.1) is 11.4 Å². The highest BCUT2D eigenvalue weighted by molar-refractivity contribution is 9.11. The van der Waals surface area contributed by atoms with Gasteiger partial charge in [-0.05, 0) is 44.0 Å². The number of hydrogen-bond donors (Lipinski definition) is 3. The molecule has 0 aliphatic carbocycles. The van der Waals surface area contributed by atoms with Gasteiger partial charge in [-0.15, -0.1) is 11.3 Å². The van der Waals surface area contributed by atoms with Crippen LogP contribution in [0, 0.1) is 0 Å². The summed E-state index contributed by atoms with van der Waals surface area (Å²) in [6.45, 7) is 0. The third-order valence-electron chi connectivity index (χ3n) is 2.30. The monoisotopic (exact) mass is 405 g/mol. The molecule has 1 atom stereocenters. The van der Waals surface area contributed by atoms with Crippen molar-refractivity contribution in [3.63, 3.8) is 0 Å². The minimum absolute atomic E-state index is 0.336.